The van der Waals surface area contributed by atoms with Gasteiger partial charge in [0.15, 0.2) is 5.60 Å². The molecule has 0 saturated carbocycles. The van der Waals surface area contributed by atoms with Crippen molar-refractivity contribution in [2.75, 3.05) is 13.7 Å². The number of amides is 1. The topological polar surface area (TPSA) is 94.6 Å². The van der Waals surface area contributed by atoms with Crippen LogP contribution in [-0.4, -0.2) is 32.4 Å². The lowest BCUT2D eigenvalue weighted by atomic mass is 9.86. The smallest absolute Gasteiger partial charge is 0.270 e. The Bertz CT molecular complexity index is 858. The number of carbonyl (C=O) groups excluding carboxylic acids is 1. The number of ether oxygens (including phenoxy) is 2. The molecule has 1 aliphatic rings. The van der Waals surface area contributed by atoms with E-state index in [2.05, 4.69) is 9.10 Å². The lowest BCUT2D eigenvalue weighted by Gasteiger charge is -2.36. The van der Waals surface area contributed by atoms with E-state index in [1.165, 1.54) is 7.11 Å². The summed E-state index contributed by atoms with van der Waals surface area (Å²) in [6.45, 7) is 0.411. The minimum Gasteiger partial charge on any atom is -0.480 e. The highest BCUT2D eigenvalue weighted by molar-refractivity contribution is 7.89. The standard InChI is InChI=1S/C17H20N2O5S2/c1-23-15-11-14(25-18-15)12-26(21,22)19-16(20)17(9-5-6-10-24-17)13-7-3-2-4-8-13/h2-4,7-8,11H,5-6,9-10,12H2,1H3,(H,19,20). The molecule has 1 N–H and O–H groups in total. The molecule has 1 aromatic carbocycles. The van der Waals surface area contributed by atoms with Crippen molar-refractivity contribution in [2.45, 2.75) is 30.6 Å². The number of nitrogens with one attached hydrogen (secondary N) is 1. The number of sulfonamides is 1. The summed E-state index contributed by atoms with van der Waals surface area (Å²) in [6, 6.07) is 10.6. The Labute approximate surface area is 156 Å². The van der Waals surface area contributed by atoms with Crippen molar-refractivity contribution < 1.29 is 22.7 Å². The average Bonchev–Trinajstić information content (AvgIpc) is 3.09. The molecule has 1 aliphatic heterocycles. The van der Waals surface area contributed by atoms with E-state index in [9.17, 15) is 13.2 Å². The van der Waals surface area contributed by atoms with E-state index in [1.54, 1.807) is 30.3 Å². The molecule has 1 aromatic heterocycles. The number of nitrogens with zero attached hydrogens (tertiary/aromatic N) is 1. The number of hydrogen-bond acceptors (Lipinski definition) is 7. The van der Waals surface area contributed by atoms with Gasteiger partial charge in [0.25, 0.3) is 5.91 Å². The second-order valence-corrected chi connectivity index (χ2v) is 8.64. The van der Waals surface area contributed by atoms with Gasteiger partial charge in [-0.05, 0) is 36.4 Å². The molecule has 26 heavy (non-hydrogen) atoms. The van der Waals surface area contributed by atoms with Crippen LogP contribution < -0.4 is 9.46 Å². The summed E-state index contributed by atoms with van der Waals surface area (Å²) < 4.78 is 41.9. The molecular formula is C17H20N2O5S2. The molecule has 1 unspecified atom stereocenters. The Morgan fingerprint density at radius 2 is 2.12 bits per heavy atom. The van der Waals surface area contributed by atoms with Crippen molar-refractivity contribution in [2.24, 2.45) is 0 Å². The molecule has 3 rings (SSSR count). The summed E-state index contributed by atoms with van der Waals surface area (Å²) >= 11 is 1.02. The maximum Gasteiger partial charge on any atom is 0.270 e. The zero-order valence-electron chi connectivity index (χ0n) is 14.3. The first-order valence-electron chi connectivity index (χ1n) is 8.19. The summed E-state index contributed by atoms with van der Waals surface area (Å²) in [5.74, 6) is -0.646. The van der Waals surface area contributed by atoms with Crippen LogP contribution in [0.3, 0.4) is 0 Å². The summed E-state index contributed by atoms with van der Waals surface area (Å²) in [4.78, 5) is 13.4. The summed E-state index contributed by atoms with van der Waals surface area (Å²) in [5.41, 5.74) is -0.621. The van der Waals surface area contributed by atoms with Crippen LogP contribution in [0.1, 0.15) is 29.7 Å². The number of methoxy groups -OCH3 is 1. The number of rotatable bonds is 6. The highest BCUT2D eigenvalue weighted by atomic mass is 32.2. The first kappa shape index (κ1) is 18.8. The van der Waals surface area contributed by atoms with Gasteiger partial charge >= 0.3 is 0 Å². The predicted molar refractivity (Wildman–Crippen MR) is 97.4 cm³/mol. The van der Waals surface area contributed by atoms with E-state index in [0.717, 1.165) is 24.4 Å². The third kappa shape index (κ3) is 4.05. The Hall–Kier alpha value is -1.97. The summed E-state index contributed by atoms with van der Waals surface area (Å²) in [5, 5.41) is 0. The second-order valence-electron chi connectivity index (χ2n) is 6.02. The van der Waals surface area contributed by atoms with Crippen molar-refractivity contribution in [1.82, 2.24) is 9.10 Å². The van der Waals surface area contributed by atoms with Crippen LogP contribution in [0.5, 0.6) is 5.88 Å². The van der Waals surface area contributed by atoms with Gasteiger partial charge in [-0.1, -0.05) is 30.3 Å². The van der Waals surface area contributed by atoms with Gasteiger partial charge in [-0.15, -0.1) is 0 Å². The van der Waals surface area contributed by atoms with Crippen LogP contribution in [-0.2, 0) is 30.9 Å². The largest absolute Gasteiger partial charge is 0.480 e. The number of aromatic nitrogens is 1. The Kier molecular flexibility index (Phi) is 5.59. The van der Waals surface area contributed by atoms with Crippen molar-refractivity contribution in [3.05, 3.63) is 46.8 Å². The average molecular weight is 396 g/mol. The minimum absolute atomic E-state index is 0.343. The fourth-order valence-electron chi connectivity index (χ4n) is 2.95. The predicted octanol–water partition coefficient (Wildman–Crippen LogP) is 2.19. The lowest BCUT2D eigenvalue weighted by Crippen LogP contribution is -2.50. The molecule has 1 fully saturated rings. The van der Waals surface area contributed by atoms with E-state index in [4.69, 9.17) is 9.47 Å². The van der Waals surface area contributed by atoms with Crippen LogP contribution in [0.2, 0.25) is 0 Å². The normalized spacial score (nSPS) is 20.5. The summed E-state index contributed by atoms with van der Waals surface area (Å²) in [7, 11) is -2.43. The highest BCUT2D eigenvalue weighted by Crippen LogP contribution is 2.35. The monoisotopic (exact) mass is 396 g/mol. The summed E-state index contributed by atoms with van der Waals surface area (Å²) in [6.07, 6.45) is 2.07. The molecule has 2 heterocycles. The Morgan fingerprint density at radius 1 is 1.35 bits per heavy atom. The van der Waals surface area contributed by atoms with E-state index in [0.29, 0.717) is 29.3 Å². The van der Waals surface area contributed by atoms with Crippen LogP contribution in [0.4, 0.5) is 0 Å². The number of hydrogen-bond donors (Lipinski definition) is 1. The molecule has 1 atom stereocenters. The third-order valence-corrected chi connectivity index (χ3v) is 6.34. The molecule has 0 aliphatic carbocycles. The van der Waals surface area contributed by atoms with E-state index in [1.807, 2.05) is 6.07 Å². The number of benzene rings is 1. The molecule has 0 bridgehead atoms. The van der Waals surface area contributed by atoms with Gasteiger partial charge < -0.3 is 9.47 Å². The zero-order valence-corrected chi connectivity index (χ0v) is 15.9. The van der Waals surface area contributed by atoms with Crippen LogP contribution in [0.25, 0.3) is 0 Å². The molecule has 0 radical (unpaired) electrons. The molecule has 1 saturated heterocycles. The van der Waals surface area contributed by atoms with Crippen molar-refractivity contribution >= 4 is 27.5 Å². The fourth-order valence-corrected chi connectivity index (χ4v) is 5.09. The van der Waals surface area contributed by atoms with Crippen LogP contribution >= 0.6 is 11.5 Å². The van der Waals surface area contributed by atoms with E-state index in [-0.39, 0.29) is 5.75 Å². The molecule has 9 heteroatoms. The molecule has 2 aromatic rings. The first-order valence-corrected chi connectivity index (χ1v) is 10.6. The van der Waals surface area contributed by atoms with Crippen LogP contribution in [0, 0.1) is 0 Å². The SMILES string of the molecule is COc1cc(CS(=O)(=O)NC(=O)C2(c3ccccc3)CCCCO2)sn1. The van der Waals surface area contributed by atoms with Crippen molar-refractivity contribution in [3.63, 3.8) is 0 Å². The van der Waals surface area contributed by atoms with Crippen molar-refractivity contribution in [3.8, 4) is 5.88 Å². The van der Waals surface area contributed by atoms with Gasteiger partial charge in [-0.2, -0.15) is 4.37 Å². The van der Waals surface area contributed by atoms with E-state index >= 15 is 0 Å². The Morgan fingerprint density at radius 3 is 2.73 bits per heavy atom. The first-order chi connectivity index (χ1) is 12.5. The van der Waals surface area contributed by atoms with Gasteiger partial charge in [-0.3, -0.25) is 4.79 Å². The highest BCUT2D eigenvalue weighted by Gasteiger charge is 2.44. The second kappa shape index (κ2) is 7.73. The number of carbonyl (C=O) groups is 1. The maximum absolute atomic E-state index is 12.9. The van der Waals surface area contributed by atoms with E-state index < -0.39 is 21.5 Å². The molecular weight excluding hydrogens is 376 g/mol. The molecule has 1 amide bonds. The quantitative estimate of drug-likeness (QED) is 0.804. The van der Waals surface area contributed by atoms with Gasteiger partial charge in [0.2, 0.25) is 15.9 Å². The molecule has 7 nitrogen and oxygen atoms in total. The minimum atomic E-state index is -3.89. The van der Waals surface area contributed by atoms with Crippen molar-refractivity contribution in [1.29, 1.82) is 0 Å². The van der Waals surface area contributed by atoms with Crippen LogP contribution in [0.15, 0.2) is 36.4 Å². The molecule has 140 valence electrons. The molecule has 0 spiro atoms. The fraction of sp³-hybridized carbons (Fsp3) is 0.412. The van der Waals surface area contributed by atoms with Gasteiger partial charge in [-0.25, -0.2) is 13.1 Å². The van der Waals surface area contributed by atoms with Gasteiger partial charge in [0, 0.05) is 17.6 Å². The zero-order chi connectivity index (χ0) is 18.6. The Balaban J connectivity index is 1.81. The lowest BCUT2D eigenvalue weighted by molar-refractivity contribution is -0.153. The maximum atomic E-state index is 12.9. The van der Waals surface area contributed by atoms with Gasteiger partial charge in [0.1, 0.15) is 5.75 Å². The van der Waals surface area contributed by atoms with Gasteiger partial charge in [0.05, 0.1) is 7.11 Å². The third-order valence-electron chi connectivity index (χ3n) is 4.21.